The summed E-state index contributed by atoms with van der Waals surface area (Å²) in [4.78, 5) is 19.4. The van der Waals surface area contributed by atoms with Crippen LogP contribution in [0.15, 0.2) is 42.2 Å². The Labute approximate surface area is 184 Å². The highest BCUT2D eigenvalue weighted by Gasteiger charge is 2.16. The molecule has 0 atom stereocenters. The van der Waals surface area contributed by atoms with Crippen LogP contribution in [-0.4, -0.2) is 34.3 Å². The molecule has 0 bridgehead atoms. The highest BCUT2D eigenvalue weighted by atomic mass is 35.5. The van der Waals surface area contributed by atoms with Crippen molar-refractivity contribution in [2.45, 2.75) is 26.7 Å². The number of ether oxygens (including phenoxy) is 2. The monoisotopic (exact) mass is 439 g/mol. The number of aromatic amines is 1. The number of imidazole rings is 1. The zero-order valence-electron chi connectivity index (χ0n) is 17.4. The van der Waals surface area contributed by atoms with E-state index >= 15 is 0 Å². The van der Waals surface area contributed by atoms with Crippen LogP contribution in [-0.2, 0) is 9.53 Å². The van der Waals surface area contributed by atoms with Crippen LogP contribution in [0.1, 0.15) is 36.7 Å². The number of halogens is 1. The van der Waals surface area contributed by atoms with Crippen LogP contribution in [0, 0.1) is 18.3 Å². The Balaban J connectivity index is 1.66. The maximum absolute atomic E-state index is 12.1. The van der Waals surface area contributed by atoms with E-state index in [9.17, 15) is 15.2 Å². The molecule has 2 aromatic carbocycles. The Bertz CT molecular complexity index is 1160. The highest BCUT2D eigenvalue weighted by Crippen LogP contribution is 2.32. The van der Waals surface area contributed by atoms with E-state index in [-0.39, 0.29) is 23.9 Å². The molecule has 0 spiro atoms. The van der Waals surface area contributed by atoms with Gasteiger partial charge in [-0.25, -0.2) is 9.78 Å². The Hall–Kier alpha value is -3.50. The Morgan fingerprint density at radius 3 is 2.71 bits per heavy atom. The minimum absolute atomic E-state index is 0.0969. The third-order valence-electron chi connectivity index (χ3n) is 4.66. The average Bonchev–Trinajstić information content (AvgIpc) is 3.16. The quantitative estimate of drug-likeness (QED) is 0.302. The number of nitrogens with zero attached hydrogens (tertiary/aromatic N) is 2. The first-order chi connectivity index (χ1) is 14.8. The number of hydrogen-bond acceptors (Lipinski definition) is 6. The lowest BCUT2D eigenvalue weighted by Gasteiger charge is -2.15. The summed E-state index contributed by atoms with van der Waals surface area (Å²) in [5, 5.41) is 20.3. The van der Waals surface area contributed by atoms with Gasteiger partial charge in [0.25, 0.3) is 0 Å². The lowest BCUT2D eigenvalue weighted by molar-refractivity contribution is -0.145. The molecule has 0 saturated heterocycles. The molecule has 3 aromatic rings. The van der Waals surface area contributed by atoms with Crippen LogP contribution in [0.2, 0.25) is 5.02 Å². The minimum atomic E-state index is -0.684. The zero-order chi connectivity index (χ0) is 22.5. The van der Waals surface area contributed by atoms with Crippen molar-refractivity contribution in [1.82, 2.24) is 9.97 Å². The van der Waals surface area contributed by atoms with E-state index in [0.717, 1.165) is 16.6 Å². The predicted octanol–water partition coefficient (Wildman–Crippen LogP) is 5.06. The van der Waals surface area contributed by atoms with Crippen LogP contribution in [0.3, 0.4) is 0 Å². The first-order valence-corrected chi connectivity index (χ1v) is 10.0. The number of esters is 1. The molecule has 0 amide bonds. The zero-order valence-corrected chi connectivity index (χ0v) is 18.2. The first kappa shape index (κ1) is 22.2. The fraction of sp³-hybridized carbons (Fsp3) is 0.261. The molecule has 1 heterocycles. The van der Waals surface area contributed by atoms with Crippen molar-refractivity contribution in [3.05, 3.63) is 64.1 Å². The first-order valence-electron chi connectivity index (χ1n) is 9.66. The van der Waals surface area contributed by atoms with Gasteiger partial charge < -0.3 is 19.6 Å². The van der Waals surface area contributed by atoms with E-state index in [1.54, 1.807) is 18.2 Å². The van der Waals surface area contributed by atoms with Gasteiger partial charge in [0.1, 0.15) is 24.0 Å². The molecule has 3 rings (SSSR count). The van der Waals surface area contributed by atoms with Gasteiger partial charge in [-0.1, -0.05) is 37.6 Å². The fourth-order valence-electron chi connectivity index (χ4n) is 2.97. The van der Waals surface area contributed by atoms with Crippen molar-refractivity contribution in [2.24, 2.45) is 0 Å². The number of fused-ring (bicyclic) bond motifs is 1. The van der Waals surface area contributed by atoms with E-state index in [0.29, 0.717) is 16.3 Å². The van der Waals surface area contributed by atoms with E-state index in [2.05, 4.69) is 9.97 Å². The minimum Gasteiger partial charge on any atom is -0.507 e. The van der Waals surface area contributed by atoms with Crippen molar-refractivity contribution < 1.29 is 19.4 Å². The molecule has 8 heteroatoms. The number of benzene rings is 2. The summed E-state index contributed by atoms with van der Waals surface area (Å²) in [6, 6.07) is 12.7. The Kier molecular flexibility index (Phi) is 6.83. The maximum atomic E-state index is 12.1. The summed E-state index contributed by atoms with van der Waals surface area (Å²) in [6.45, 7) is 5.02. The summed E-state index contributed by atoms with van der Waals surface area (Å²) in [5.41, 5.74) is 2.99. The lowest BCUT2D eigenvalue weighted by atomic mass is 10.0. The van der Waals surface area contributed by atoms with Crippen molar-refractivity contribution >= 4 is 34.2 Å². The number of nitrogens with one attached hydrogen (secondary N) is 1. The van der Waals surface area contributed by atoms with Crippen molar-refractivity contribution in [2.75, 3.05) is 13.2 Å². The van der Waals surface area contributed by atoms with Crippen molar-refractivity contribution in [3.63, 3.8) is 0 Å². The average molecular weight is 440 g/mol. The van der Waals surface area contributed by atoms with Gasteiger partial charge >= 0.3 is 5.97 Å². The number of aliphatic hydroxyl groups is 1. The highest BCUT2D eigenvalue weighted by molar-refractivity contribution is 6.31. The molecule has 0 radical (unpaired) electrons. The number of rotatable bonds is 7. The van der Waals surface area contributed by atoms with E-state index in [4.69, 9.17) is 21.1 Å². The van der Waals surface area contributed by atoms with Gasteiger partial charge in [0.15, 0.2) is 18.2 Å². The number of aliphatic hydroxyl groups excluding tert-OH is 1. The topological polar surface area (TPSA) is 108 Å². The standard InChI is InChI=1S/C23H22ClN3O4/c1-13(2)15-9-17(24)14(3)8-21(15)30-12-22(29)31-11-20(28)16(10-25)23-26-18-6-4-5-7-19(18)27-23/h4-9,13,28H,11-12H2,1-3H3,(H,26,27)/b20-16-. The summed E-state index contributed by atoms with van der Waals surface area (Å²) < 4.78 is 10.7. The van der Waals surface area contributed by atoms with E-state index < -0.39 is 18.3 Å². The molecule has 0 aliphatic rings. The molecule has 7 nitrogen and oxygen atoms in total. The molecular weight excluding hydrogens is 418 g/mol. The largest absolute Gasteiger partial charge is 0.507 e. The van der Waals surface area contributed by atoms with Crippen LogP contribution in [0.25, 0.3) is 16.6 Å². The molecule has 1 aromatic heterocycles. The predicted molar refractivity (Wildman–Crippen MR) is 118 cm³/mol. The number of hydrogen-bond donors (Lipinski definition) is 2. The lowest BCUT2D eigenvalue weighted by Crippen LogP contribution is -2.17. The summed E-state index contributed by atoms with van der Waals surface area (Å²) >= 11 is 6.18. The van der Waals surface area contributed by atoms with Gasteiger partial charge in [-0.3, -0.25) is 0 Å². The third kappa shape index (κ3) is 5.16. The van der Waals surface area contributed by atoms with Crippen LogP contribution in [0.4, 0.5) is 0 Å². The smallest absolute Gasteiger partial charge is 0.344 e. The molecule has 2 N–H and O–H groups in total. The number of carbonyl (C=O) groups excluding carboxylic acids is 1. The summed E-state index contributed by atoms with van der Waals surface area (Å²) in [6.07, 6.45) is 0. The number of allylic oxidation sites excluding steroid dienone is 1. The fourth-order valence-corrected chi connectivity index (χ4v) is 3.14. The summed E-state index contributed by atoms with van der Waals surface area (Å²) in [7, 11) is 0. The second-order valence-corrected chi connectivity index (χ2v) is 7.69. The molecule has 0 saturated carbocycles. The molecular formula is C23H22ClN3O4. The number of H-pyrrole nitrogens is 1. The summed E-state index contributed by atoms with van der Waals surface area (Å²) in [5.74, 6) is -0.186. The van der Waals surface area contributed by atoms with Crippen LogP contribution >= 0.6 is 11.6 Å². The second-order valence-electron chi connectivity index (χ2n) is 7.28. The van der Waals surface area contributed by atoms with Gasteiger partial charge in [-0.2, -0.15) is 5.26 Å². The number of nitriles is 1. The number of aromatic nitrogens is 2. The van der Waals surface area contributed by atoms with Gasteiger partial charge in [-0.15, -0.1) is 0 Å². The van der Waals surface area contributed by atoms with Crippen LogP contribution < -0.4 is 4.74 Å². The molecule has 160 valence electrons. The van der Waals surface area contributed by atoms with Gasteiger partial charge in [0.05, 0.1) is 11.0 Å². The van der Waals surface area contributed by atoms with Crippen molar-refractivity contribution in [1.29, 1.82) is 5.26 Å². The Morgan fingerprint density at radius 2 is 2.03 bits per heavy atom. The van der Waals surface area contributed by atoms with Gasteiger partial charge in [0.2, 0.25) is 0 Å². The SMILES string of the molecule is Cc1cc(OCC(=O)OC/C(O)=C(\C#N)c2nc3ccccc3[nH]2)c(C(C)C)cc1Cl. The van der Waals surface area contributed by atoms with E-state index in [1.165, 1.54) is 0 Å². The van der Waals surface area contributed by atoms with Gasteiger partial charge in [0, 0.05) is 5.02 Å². The maximum Gasteiger partial charge on any atom is 0.344 e. The van der Waals surface area contributed by atoms with E-state index in [1.807, 2.05) is 45.0 Å². The molecule has 0 fully saturated rings. The molecule has 0 aliphatic carbocycles. The molecule has 0 aliphatic heterocycles. The van der Waals surface area contributed by atoms with Crippen LogP contribution in [0.5, 0.6) is 5.75 Å². The third-order valence-corrected chi connectivity index (χ3v) is 5.06. The molecule has 0 unspecified atom stereocenters. The molecule has 31 heavy (non-hydrogen) atoms. The normalized spacial score (nSPS) is 11.9. The van der Waals surface area contributed by atoms with Crippen molar-refractivity contribution in [3.8, 4) is 11.8 Å². The van der Waals surface area contributed by atoms with Gasteiger partial charge in [-0.05, 0) is 48.2 Å². The number of carbonyl (C=O) groups is 1. The number of para-hydroxylation sites is 2. The Morgan fingerprint density at radius 1 is 1.29 bits per heavy atom. The number of aryl methyl sites for hydroxylation is 1. The second kappa shape index (κ2) is 9.54.